The number of nitrogens with zero attached hydrogens (tertiary/aromatic N) is 3. The normalized spacial score (nSPS) is 18.0. The topological polar surface area (TPSA) is 84.3 Å². The maximum Gasteiger partial charge on any atom is 0.230 e. The Morgan fingerprint density at radius 3 is 2.79 bits per heavy atom. The predicted octanol–water partition coefficient (Wildman–Crippen LogP) is 2.69. The first-order chi connectivity index (χ1) is 13.9. The van der Waals surface area contributed by atoms with Gasteiger partial charge in [0.25, 0.3) is 0 Å². The standard InChI is InChI=1S/C21H24N4O3S/c1-29(27,28)25-12-5-9-18(15-25)21(26)22-20-11-13-24(23-20)14-17-8-4-7-16-6-2-3-10-19(16)17/h2-4,6-8,10-11,13,18H,5,9,12,14-15H2,1H3,(H,22,23,26)/t18-/m1/s1. The zero-order chi connectivity index (χ0) is 20.4. The van der Waals surface area contributed by atoms with Crippen molar-refractivity contribution in [3.8, 4) is 0 Å². The van der Waals surface area contributed by atoms with E-state index < -0.39 is 10.0 Å². The minimum atomic E-state index is -3.28. The fourth-order valence-electron chi connectivity index (χ4n) is 3.81. The predicted molar refractivity (Wildman–Crippen MR) is 113 cm³/mol. The summed E-state index contributed by atoms with van der Waals surface area (Å²) in [5.41, 5.74) is 1.15. The molecule has 8 heteroatoms. The molecule has 0 radical (unpaired) electrons. The van der Waals surface area contributed by atoms with Crippen molar-refractivity contribution in [2.45, 2.75) is 19.4 Å². The highest BCUT2D eigenvalue weighted by atomic mass is 32.2. The quantitative estimate of drug-likeness (QED) is 0.698. The SMILES string of the molecule is CS(=O)(=O)N1CCC[C@@H](C(=O)Nc2ccn(Cc3cccc4ccccc34)n2)C1. The number of anilines is 1. The Morgan fingerprint density at radius 2 is 1.97 bits per heavy atom. The molecule has 4 rings (SSSR count). The van der Waals surface area contributed by atoms with Gasteiger partial charge in [0.05, 0.1) is 18.7 Å². The lowest BCUT2D eigenvalue weighted by Gasteiger charge is -2.29. The van der Waals surface area contributed by atoms with Gasteiger partial charge >= 0.3 is 0 Å². The zero-order valence-electron chi connectivity index (χ0n) is 16.3. The van der Waals surface area contributed by atoms with Crippen molar-refractivity contribution in [3.05, 3.63) is 60.3 Å². The van der Waals surface area contributed by atoms with E-state index in [1.807, 2.05) is 24.4 Å². The number of hydrogen-bond donors (Lipinski definition) is 1. The van der Waals surface area contributed by atoms with E-state index in [1.165, 1.54) is 21.3 Å². The maximum absolute atomic E-state index is 12.6. The number of hydrogen-bond acceptors (Lipinski definition) is 4. The minimum Gasteiger partial charge on any atom is -0.309 e. The van der Waals surface area contributed by atoms with Crippen LogP contribution in [0.1, 0.15) is 18.4 Å². The highest BCUT2D eigenvalue weighted by molar-refractivity contribution is 7.88. The zero-order valence-corrected chi connectivity index (χ0v) is 17.1. The molecule has 0 spiro atoms. The first-order valence-corrected chi connectivity index (χ1v) is 11.5. The van der Waals surface area contributed by atoms with Crippen molar-refractivity contribution in [3.63, 3.8) is 0 Å². The summed E-state index contributed by atoms with van der Waals surface area (Å²) in [6.45, 7) is 1.30. The van der Waals surface area contributed by atoms with E-state index in [-0.39, 0.29) is 18.4 Å². The van der Waals surface area contributed by atoms with Gasteiger partial charge in [-0.2, -0.15) is 5.10 Å². The van der Waals surface area contributed by atoms with Gasteiger partial charge in [0.1, 0.15) is 0 Å². The number of carbonyl (C=O) groups is 1. The first-order valence-electron chi connectivity index (χ1n) is 9.66. The van der Waals surface area contributed by atoms with Gasteiger partial charge in [0.15, 0.2) is 5.82 Å². The molecule has 7 nitrogen and oxygen atoms in total. The molecule has 1 amide bonds. The Bertz CT molecular complexity index is 1130. The summed E-state index contributed by atoms with van der Waals surface area (Å²) in [5.74, 6) is -0.0674. The van der Waals surface area contributed by atoms with Crippen molar-refractivity contribution in [2.24, 2.45) is 5.92 Å². The Morgan fingerprint density at radius 1 is 1.17 bits per heavy atom. The number of amides is 1. The molecule has 1 atom stereocenters. The Labute approximate surface area is 170 Å². The second-order valence-electron chi connectivity index (χ2n) is 7.49. The second-order valence-corrected chi connectivity index (χ2v) is 9.47. The first kappa shape index (κ1) is 19.6. The lowest BCUT2D eigenvalue weighted by atomic mass is 9.99. The molecule has 2 aromatic carbocycles. The van der Waals surface area contributed by atoms with Gasteiger partial charge in [-0.3, -0.25) is 9.48 Å². The summed E-state index contributed by atoms with van der Waals surface area (Å²) in [4.78, 5) is 12.6. The summed E-state index contributed by atoms with van der Waals surface area (Å²) in [7, 11) is -3.28. The Hall–Kier alpha value is -2.71. The van der Waals surface area contributed by atoms with Crippen molar-refractivity contribution in [1.82, 2.24) is 14.1 Å². The molecule has 1 fully saturated rings. The van der Waals surface area contributed by atoms with Crippen LogP contribution in [0.25, 0.3) is 10.8 Å². The van der Waals surface area contributed by atoms with Crippen LogP contribution in [-0.2, 0) is 21.4 Å². The number of sulfonamides is 1. The summed E-state index contributed by atoms with van der Waals surface area (Å²) >= 11 is 0. The molecule has 0 unspecified atom stereocenters. The Balaban J connectivity index is 1.43. The summed E-state index contributed by atoms with van der Waals surface area (Å²) in [6.07, 6.45) is 4.37. The van der Waals surface area contributed by atoms with Crippen molar-refractivity contribution < 1.29 is 13.2 Å². The highest BCUT2D eigenvalue weighted by Gasteiger charge is 2.30. The molecule has 2 heterocycles. The average molecular weight is 413 g/mol. The highest BCUT2D eigenvalue weighted by Crippen LogP contribution is 2.21. The van der Waals surface area contributed by atoms with Crippen LogP contribution in [0.4, 0.5) is 5.82 Å². The lowest BCUT2D eigenvalue weighted by Crippen LogP contribution is -2.43. The summed E-state index contributed by atoms with van der Waals surface area (Å²) < 4.78 is 26.7. The molecule has 1 saturated heterocycles. The van der Waals surface area contributed by atoms with Crippen LogP contribution in [-0.4, -0.2) is 47.8 Å². The molecular formula is C21H24N4O3S. The molecule has 1 aliphatic rings. The number of nitrogens with one attached hydrogen (secondary N) is 1. The number of benzene rings is 2. The van der Waals surface area contributed by atoms with Crippen LogP contribution in [0, 0.1) is 5.92 Å². The number of carbonyl (C=O) groups excluding carboxylic acids is 1. The van der Waals surface area contributed by atoms with E-state index in [2.05, 4.69) is 34.7 Å². The number of fused-ring (bicyclic) bond motifs is 1. The van der Waals surface area contributed by atoms with Gasteiger partial charge in [0, 0.05) is 25.4 Å². The van der Waals surface area contributed by atoms with Crippen molar-refractivity contribution in [1.29, 1.82) is 0 Å². The minimum absolute atomic E-state index is 0.186. The Kier molecular flexibility index (Phi) is 5.38. The van der Waals surface area contributed by atoms with Crippen molar-refractivity contribution in [2.75, 3.05) is 24.7 Å². The van der Waals surface area contributed by atoms with E-state index >= 15 is 0 Å². The van der Waals surface area contributed by atoms with Gasteiger partial charge in [-0.25, -0.2) is 12.7 Å². The lowest BCUT2D eigenvalue weighted by molar-refractivity contribution is -0.120. The molecule has 29 heavy (non-hydrogen) atoms. The van der Waals surface area contributed by atoms with Crippen molar-refractivity contribution >= 4 is 32.5 Å². The third kappa shape index (κ3) is 4.49. The van der Waals surface area contributed by atoms with E-state index in [1.54, 1.807) is 10.7 Å². The maximum atomic E-state index is 12.6. The van der Waals surface area contributed by atoms with Crippen LogP contribution in [0.15, 0.2) is 54.7 Å². The second kappa shape index (κ2) is 7.96. The molecule has 152 valence electrons. The molecule has 0 saturated carbocycles. The molecule has 3 aromatic rings. The van der Waals surface area contributed by atoms with E-state index in [9.17, 15) is 13.2 Å². The average Bonchev–Trinajstić information content (AvgIpc) is 3.14. The van der Waals surface area contributed by atoms with Crippen LogP contribution in [0.2, 0.25) is 0 Å². The summed E-state index contributed by atoms with van der Waals surface area (Å²) in [5, 5.41) is 9.66. The molecule has 1 aromatic heterocycles. The number of rotatable bonds is 5. The van der Waals surface area contributed by atoms with Gasteiger partial charge in [0.2, 0.25) is 15.9 Å². The van der Waals surface area contributed by atoms with Crippen LogP contribution in [0.3, 0.4) is 0 Å². The van der Waals surface area contributed by atoms with E-state index in [4.69, 9.17) is 0 Å². The fraction of sp³-hybridized carbons (Fsp3) is 0.333. The van der Waals surface area contributed by atoms with Crippen LogP contribution < -0.4 is 5.32 Å². The molecule has 1 aliphatic heterocycles. The number of aromatic nitrogens is 2. The molecule has 1 N–H and O–H groups in total. The number of piperidine rings is 1. The fourth-order valence-corrected chi connectivity index (χ4v) is 4.72. The van der Waals surface area contributed by atoms with E-state index in [0.29, 0.717) is 31.7 Å². The van der Waals surface area contributed by atoms with Gasteiger partial charge in [-0.1, -0.05) is 42.5 Å². The van der Waals surface area contributed by atoms with Gasteiger partial charge in [-0.15, -0.1) is 0 Å². The molecule has 0 bridgehead atoms. The van der Waals surface area contributed by atoms with Crippen LogP contribution in [0.5, 0.6) is 0 Å². The third-order valence-corrected chi connectivity index (χ3v) is 6.60. The molecular weight excluding hydrogens is 388 g/mol. The van der Waals surface area contributed by atoms with Gasteiger partial charge in [-0.05, 0) is 29.2 Å². The smallest absolute Gasteiger partial charge is 0.230 e. The van der Waals surface area contributed by atoms with E-state index in [0.717, 1.165) is 5.56 Å². The largest absolute Gasteiger partial charge is 0.309 e. The van der Waals surface area contributed by atoms with Gasteiger partial charge < -0.3 is 5.32 Å². The molecule has 0 aliphatic carbocycles. The monoisotopic (exact) mass is 412 g/mol. The summed E-state index contributed by atoms with van der Waals surface area (Å²) in [6, 6.07) is 16.2. The van der Waals surface area contributed by atoms with Crippen LogP contribution >= 0.6 is 0 Å². The third-order valence-electron chi connectivity index (χ3n) is 5.33.